The van der Waals surface area contributed by atoms with Crippen LogP contribution in [0.25, 0.3) is 0 Å². The maximum atomic E-state index is 11.9. The third kappa shape index (κ3) is 7.99. The molecule has 0 atom stereocenters. The molecule has 1 aliphatic rings. The summed E-state index contributed by atoms with van der Waals surface area (Å²) in [5.74, 6) is -0.485. The van der Waals surface area contributed by atoms with Crippen molar-refractivity contribution >= 4 is 12.0 Å². The average Bonchev–Trinajstić information content (AvgIpc) is 3.20. The van der Waals surface area contributed by atoms with Gasteiger partial charge in [0.15, 0.2) is 0 Å². The predicted octanol–water partition coefficient (Wildman–Crippen LogP) is 1.70. The van der Waals surface area contributed by atoms with E-state index < -0.39 is 5.97 Å². The highest BCUT2D eigenvalue weighted by Gasteiger charge is 2.27. The summed E-state index contributed by atoms with van der Waals surface area (Å²) in [4.78, 5) is 24.0. The van der Waals surface area contributed by atoms with E-state index in [1.165, 1.54) is 4.90 Å². The van der Waals surface area contributed by atoms with Crippen LogP contribution in [0.1, 0.15) is 39.0 Å². The van der Waals surface area contributed by atoms with Crippen LogP contribution in [0, 0.1) is 5.92 Å². The van der Waals surface area contributed by atoms with Crippen LogP contribution < -0.4 is 5.32 Å². The number of hydrogen-bond acceptors (Lipinski definition) is 3. The molecule has 0 unspecified atom stereocenters. The third-order valence-corrected chi connectivity index (χ3v) is 3.17. The summed E-state index contributed by atoms with van der Waals surface area (Å²) in [6.45, 7) is 4.34. The lowest BCUT2D eigenvalue weighted by molar-refractivity contribution is -0.137. The van der Waals surface area contributed by atoms with Crippen LogP contribution in [-0.2, 0) is 9.53 Å². The molecule has 1 rings (SSSR count). The van der Waals surface area contributed by atoms with Gasteiger partial charge >= 0.3 is 12.0 Å². The number of rotatable bonds is 11. The summed E-state index contributed by atoms with van der Waals surface area (Å²) in [6, 6.07) is -0.284. The number of amides is 2. The van der Waals surface area contributed by atoms with Gasteiger partial charge in [-0.1, -0.05) is 13.3 Å². The Morgan fingerprint density at radius 2 is 2.00 bits per heavy atom. The van der Waals surface area contributed by atoms with Crippen molar-refractivity contribution < 1.29 is 19.4 Å². The van der Waals surface area contributed by atoms with Gasteiger partial charge in [0.05, 0.1) is 0 Å². The second-order valence-electron chi connectivity index (χ2n) is 5.27. The highest BCUT2D eigenvalue weighted by molar-refractivity contribution is 5.80. The Labute approximate surface area is 120 Å². The maximum absolute atomic E-state index is 11.9. The van der Waals surface area contributed by atoms with Gasteiger partial charge in [-0.2, -0.15) is 0 Å². The Kier molecular flexibility index (Phi) is 8.02. The number of carboxylic acid groups (broad SMARTS) is 1. The van der Waals surface area contributed by atoms with Crippen molar-refractivity contribution in [2.75, 3.05) is 32.8 Å². The predicted molar refractivity (Wildman–Crippen MR) is 75.7 cm³/mol. The minimum absolute atomic E-state index is 0.227. The topological polar surface area (TPSA) is 78.9 Å². The molecule has 0 bridgehead atoms. The lowest BCUT2D eigenvalue weighted by atomic mass is 10.3. The first-order valence-corrected chi connectivity index (χ1v) is 7.45. The highest BCUT2D eigenvalue weighted by atomic mass is 16.5. The lowest BCUT2D eigenvalue weighted by Gasteiger charge is -2.21. The quantitative estimate of drug-likeness (QED) is 0.567. The number of nitrogens with one attached hydrogen (secondary N) is 1. The molecule has 0 aromatic carbocycles. The molecule has 1 saturated carbocycles. The highest BCUT2D eigenvalue weighted by Crippen LogP contribution is 2.29. The maximum Gasteiger partial charge on any atom is 0.323 e. The summed E-state index contributed by atoms with van der Waals surface area (Å²) in [6.07, 6.45) is 5.10. The fourth-order valence-corrected chi connectivity index (χ4v) is 1.82. The number of carboxylic acids is 1. The molecule has 116 valence electrons. The smallest absolute Gasteiger partial charge is 0.323 e. The van der Waals surface area contributed by atoms with E-state index >= 15 is 0 Å². The van der Waals surface area contributed by atoms with Crippen LogP contribution in [0.2, 0.25) is 0 Å². The van der Waals surface area contributed by atoms with E-state index in [0.29, 0.717) is 25.6 Å². The van der Waals surface area contributed by atoms with Crippen LogP contribution in [0.15, 0.2) is 0 Å². The van der Waals surface area contributed by atoms with E-state index in [2.05, 4.69) is 12.2 Å². The van der Waals surface area contributed by atoms with Crippen LogP contribution in [0.3, 0.4) is 0 Å². The van der Waals surface area contributed by atoms with E-state index in [0.717, 1.165) is 38.7 Å². The molecule has 6 heteroatoms. The molecule has 0 aromatic heterocycles. The Morgan fingerprint density at radius 1 is 1.30 bits per heavy atom. The van der Waals surface area contributed by atoms with Crippen molar-refractivity contribution in [2.24, 2.45) is 5.92 Å². The minimum atomic E-state index is -0.969. The van der Waals surface area contributed by atoms with Gasteiger partial charge in [-0.25, -0.2) is 4.79 Å². The van der Waals surface area contributed by atoms with Gasteiger partial charge in [-0.05, 0) is 31.6 Å². The number of hydrogen-bond donors (Lipinski definition) is 2. The summed E-state index contributed by atoms with van der Waals surface area (Å²) in [7, 11) is 0. The van der Waals surface area contributed by atoms with Gasteiger partial charge in [-0.3, -0.25) is 4.79 Å². The molecule has 0 saturated heterocycles. The Hall–Kier alpha value is -1.30. The molecule has 20 heavy (non-hydrogen) atoms. The standard InChI is InChI=1S/C14H26N2O4/c1-2-3-8-20-9-4-7-15-14(19)16(11-13(17)18)10-12-5-6-12/h12H,2-11H2,1H3,(H,15,19)(H,17,18). The van der Waals surface area contributed by atoms with Gasteiger partial charge < -0.3 is 20.1 Å². The van der Waals surface area contributed by atoms with Gasteiger partial charge in [0.25, 0.3) is 0 Å². The largest absolute Gasteiger partial charge is 0.480 e. The number of aliphatic carboxylic acids is 1. The normalized spacial score (nSPS) is 14.1. The van der Waals surface area contributed by atoms with Gasteiger partial charge in [0.1, 0.15) is 6.54 Å². The molecular weight excluding hydrogens is 260 g/mol. The molecule has 0 radical (unpaired) electrons. The van der Waals surface area contributed by atoms with Crippen LogP contribution in [-0.4, -0.2) is 54.9 Å². The second kappa shape index (κ2) is 9.58. The summed E-state index contributed by atoms with van der Waals surface area (Å²) < 4.78 is 5.40. The zero-order valence-corrected chi connectivity index (χ0v) is 12.3. The van der Waals surface area contributed by atoms with Crippen molar-refractivity contribution in [1.82, 2.24) is 10.2 Å². The number of nitrogens with zero attached hydrogens (tertiary/aromatic N) is 1. The summed E-state index contributed by atoms with van der Waals surface area (Å²) in [5, 5.41) is 11.6. The minimum Gasteiger partial charge on any atom is -0.480 e. The molecule has 0 heterocycles. The number of carbonyl (C=O) groups excluding carboxylic acids is 1. The van der Waals surface area contributed by atoms with Crippen molar-refractivity contribution in [3.05, 3.63) is 0 Å². The number of ether oxygens (including phenoxy) is 1. The number of unbranched alkanes of at least 4 members (excludes halogenated alkanes) is 1. The number of urea groups is 1. The molecule has 2 N–H and O–H groups in total. The monoisotopic (exact) mass is 286 g/mol. The molecule has 1 fully saturated rings. The lowest BCUT2D eigenvalue weighted by Crippen LogP contribution is -2.44. The zero-order chi connectivity index (χ0) is 14.8. The zero-order valence-electron chi connectivity index (χ0n) is 12.3. The van der Waals surface area contributed by atoms with Gasteiger partial charge in [0.2, 0.25) is 0 Å². The van der Waals surface area contributed by atoms with Crippen molar-refractivity contribution in [3.63, 3.8) is 0 Å². The Balaban J connectivity index is 2.12. The first-order chi connectivity index (χ1) is 9.63. The third-order valence-electron chi connectivity index (χ3n) is 3.17. The Bertz CT molecular complexity index is 306. The first kappa shape index (κ1) is 16.8. The molecule has 0 aromatic rings. The Morgan fingerprint density at radius 3 is 2.60 bits per heavy atom. The van der Waals surface area contributed by atoms with Crippen LogP contribution in [0.5, 0.6) is 0 Å². The average molecular weight is 286 g/mol. The van der Waals surface area contributed by atoms with Gasteiger partial charge in [0, 0.05) is 26.3 Å². The SMILES string of the molecule is CCCCOCCCNC(=O)N(CC(=O)O)CC1CC1. The fraction of sp³-hybridized carbons (Fsp3) is 0.857. The van der Waals surface area contributed by atoms with E-state index in [9.17, 15) is 9.59 Å². The van der Waals surface area contributed by atoms with Crippen LogP contribution in [0.4, 0.5) is 4.79 Å². The molecule has 1 aliphatic carbocycles. The van der Waals surface area contributed by atoms with E-state index in [4.69, 9.17) is 9.84 Å². The van der Waals surface area contributed by atoms with Gasteiger partial charge in [-0.15, -0.1) is 0 Å². The number of carbonyl (C=O) groups is 2. The van der Waals surface area contributed by atoms with Crippen molar-refractivity contribution in [2.45, 2.75) is 39.0 Å². The molecular formula is C14H26N2O4. The summed E-state index contributed by atoms with van der Waals surface area (Å²) in [5.41, 5.74) is 0. The molecule has 6 nitrogen and oxygen atoms in total. The van der Waals surface area contributed by atoms with Crippen molar-refractivity contribution in [1.29, 1.82) is 0 Å². The van der Waals surface area contributed by atoms with Crippen LogP contribution >= 0.6 is 0 Å². The van der Waals surface area contributed by atoms with E-state index in [-0.39, 0.29) is 12.6 Å². The van der Waals surface area contributed by atoms with E-state index in [1.807, 2.05) is 0 Å². The molecule has 0 aliphatic heterocycles. The summed E-state index contributed by atoms with van der Waals surface area (Å²) >= 11 is 0. The molecule has 0 spiro atoms. The first-order valence-electron chi connectivity index (χ1n) is 7.45. The van der Waals surface area contributed by atoms with E-state index in [1.54, 1.807) is 0 Å². The fourth-order valence-electron chi connectivity index (χ4n) is 1.82. The van der Waals surface area contributed by atoms with Crippen molar-refractivity contribution in [3.8, 4) is 0 Å². The molecule has 2 amide bonds. The second-order valence-corrected chi connectivity index (χ2v) is 5.27.